The summed E-state index contributed by atoms with van der Waals surface area (Å²) in [6.45, 7) is 10.9. The van der Waals surface area contributed by atoms with Gasteiger partial charge in [-0.2, -0.15) is 0 Å². The monoisotopic (exact) mass is 563 g/mol. The van der Waals surface area contributed by atoms with Crippen LogP contribution in [0.5, 0.6) is 0 Å². The number of hydrogen-bond acceptors (Lipinski definition) is 8. The summed E-state index contributed by atoms with van der Waals surface area (Å²) in [5.74, 6) is 1.28. The first-order valence-corrected chi connectivity index (χ1v) is 18.0. The summed E-state index contributed by atoms with van der Waals surface area (Å²) >= 11 is 1.45. The molecule has 1 fully saturated rings. The third kappa shape index (κ3) is 20.5. The van der Waals surface area contributed by atoms with Gasteiger partial charge in [-0.1, -0.05) is 90.3 Å². The van der Waals surface area contributed by atoms with E-state index in [9.17, 15) is 4.79 Å². The van der Waals surface area contributed by atoms with Gasteiger partial charge in [0.15, 0.2) is 5.12 Å². The molecular formula is C28H57NO6SSi. The van der Waals surface area contributed by atoms with E-state index in [0.29, 0.717) is 56.5 Å². The van der Waals surface area contributed by atoms with E-state index in [4.69, 9.17) is 22.9 Å². The van der Waals surface area contributed by atoms with E-state index in [1.54, 1.807) is 0 Å². The summed E-state index contributed by atoms with van der Waals surface area (Å²) in [5.41, 5.74) is 3.09. The van der Waals surface area contributed by atoms with Crippen LogP contribution < -0.4 is 5.48 Å². The summed E-state index contributed by atoms with van der Waals surface area (Å²) < 4.78 is 29.6. The molecule has 1 saturated heterocycles. The van der Waals surface area contributed by atoms with Crippen molar-refractivity contribution in [1.29, 1.82) is 0 Å². The Morgan fingerprint density at radius 1 is 0.865 bits per heavy atom. The van der Waals surface area contributed by atoms with Crippen molar-refractivity contribution in [3.8, 4) is 0 Å². The molecule has 37 heavy (non-hydrogen) atoms. The lowest BCUT2D eigenvalue weighted by atomic mass is 10.1. The van der Waals surface area contributed by atoms with Crippen LogP contribution in [-0.2, 0) is 27.6 Å². The molecule has 0 aliphatic carbocycles. The Labute approximate surface area is 233 Å². The highest BCUT2D eigenvalue weighted by molar-refractivity contribution is 8.13. The third-order valence-corrected chi connectivity index (χ3v) is 10.3. The lowest BCUT2D eigenvalue weighted by molar-refractivity contribution is -0.111. The summed E-state index contributed by atoms with van der Waals surface area (Å²) in [7, 11) is -2.85. The summed E-state index contributed by atoms with van der Waals surface area (Å²) in [6.07, 6.45) is 16.2. The molecule has 2 unspecified atom stereocenters. The van der Waals surface area contributed by atoms with Crippen LogP contribution in [0.1, 0.15) is 111 Å². The Kier molecular flexibility index (Phi) is 23.7. The predicted molar refractivity (Wildman–Crippen MR) is 156 cm³/mol. The van der Waals surface area contributed by atoms with Crippen molar-refractivity contribution >= 4 is 25.7 Å². The highest BCUT2D eigenvalue weighted by Crippen LogP contribution is 2.23. The van der Waals surface area contributed by atoms with Crippen molar-refractivity contribution in [2.75, 3.05) is 51.9 Å². The molecule has 0 aromatic rings. The molecule has 1 heterocycles. The smallest absolute Gasteiger partial charge is 0.379 e. The van der Waals surface area contributed by atoms with Crippen molar-refractivity contribution in [3.63, 3.8) is 0 Å². The first-order chi connectivity index (χ1) is 18.1. The van der Waals surface area contributed by atoms with Crippen LogP contribution in [0.25, 0.3) is 0 Å². The Morgan fingerprint density at radius 2 is 1.51 bits per heavy atom. The van der Waals surface area contributed by atoms with E-state index in [0.717, 1.165) is 51.0 Å². The lowest BCUT2D eigenvalue weighted by Gasteiger charge is -2.32. The third-order valence-electron chi connectivity index (χ3n) is 6.53. The van der Waals surface area contributed by atoms with E-state index in [1.165, 1.54) is 63.1 Å². The van der Waals surface area contributed by atoms with Gasteiger partial charge in [0, 0.05) is 38.0 Å². The van der Waals surface area contributed by atoms with Crippen LogP contribution in [0.4, 0.5) is 0 Å². The number of hydrogen-bond donors (Lipinski definition) is 1. The van der Waals surface area contributed by atoms with E-state index in [-0.39, 0.29) is 0 Å². The first-order valence-electron chi connectivity index (χ1n) is 15.1. The van der Waals surface area contributed by atoms with Gasteiger partial charge < -0.3 is 18.3 Å². The van der Waals surface area contributed by atoms with Crippen molar-refractivity contribution in [1.82, 2.24) is 5.48 Å². The van der Waals surface area contributed by atoms with E-state index >= 15 is 0 Å². The molecule has 1 aliphatic heterocycles. The van der Waals surface area contributed by atoms with Crippen LogP contribution in [0.3, 0.4) is 0 Å². The van der Waals surface area contributed by atoms with E-state index in [2.05, 4.69) is 26.3 Å². The molecule has 1 N–H and O–H groups in total. The number of rotatable bonds is 24. The molecule has 220 valence electrons. The van der Waals surface area contributed by atoms with Crippen molar-refractivity contribution < 1.29 is 27.6 Å². The average molecular weight is 564 g/mol. The highest BCUT2D eigenvalue weighted by atomic mass is 32.2. The molecule has 1 aliphatic rings. The van der Waals surface area contributed by atoms with E-state index in [1.807, 2.05) is 0 Å². The highest BCUT2D eigenvalue weighted by Gasteiger charge is 2.42. The number of nitrogens with one attached hydrogen (secondary N) is 1. The fourth-order valence-corrected chi connectivity index (χ4v) is 7.45. The maximum Gasteiger partial charge on any atom is 0.518 e. The quantitative estimate of drug-likeness (QED) is 0.100. The van der Waals surface area contributed by atoms with Crippen LogP contribution in [0.15, 0.2) is 0 Å². The van der Waals surface area contributed by atoms with Gasteiger partial charge in [0.2, 0.25) is 0 Å². The standard InChI is InChI=1S/C28H57NO6SSi/c1-4-6-8-9-10-11-12-13-14-16-28(30)36-24-15-25-37(33-19-17-27(3)26-29-35-37)34-23-22-32-21-20-31-18-7-5-2/h27,29H,4-26H2,1-3H3. The Balaban J connectivity index is 2.21. The fourth-order valence-electron chi connectivity index (χ4n) is 4.06. The largest absolute Gasteiger partial charge is 0.518 e. The van der Waals surface area contributed by atoms with Gasteiger partial charge in [0.1, 0.15) is 0 Å². The summed E-state index contributed by atoms with van der Waals surface area (Å²) in [4.78, 5) is 12.3. The van der Waals surface area contributed by atoms with Gasteiger partial charge in [0.25, 0.3) is 0 Å². The Hall–Kier alpha value is -0.00312. The molecule has 9 heteroatoms. The molecule has 0 aromatic carbocycles. The molecule has 0 radical (unpaired) electrons. The van der Waals surface area contributed by atoms with E-state index < -0.39 is 8.80 Å². The molecule has 0 aromatic heterocycles. The Bertz CT molecular complexity index is 521. The van der Waals surface area contributed by atoms with Gasteiger partial charge in [-0.3, -0.25) is 9.32 Å². The number of carbonyl (C=O) groups excluding carboxylic acids is 1. The number of thioether (sulfide) groups is 1. The zero-order valence-electron chi connectivity index (χ0n) is 24.2. The zero-order chi connectivity index (χ0) is 26.9. The lowest BCUT2D eigenvalue weighted by Crippen LogP contribution is -2.52. The second kappa shape index (κ2) is 25.0. The second-order valence-electron chi connectivity index (χ2n) is 10.2. The van der Waals surface area contributed by atoms with Crippen molar-refractivity contribution in [2.24, 2.45) is 5.92 Å². The Morgan fingerprint density at radius 3 is 2.24 bits per heavy atom. The molecule has 0 spiro atoms. The normalized spacial score (nSPS) is 20.6. The van der Waals surface area contributed by atoms with Gasteiger partial charge in [-0.05, 0) is 31.6 Å². The van der Waals surface area contributed by atoms with Crippen LogP contribution >= 0.6 is 11.8 Å². The van der Waals surface area contributed by atoms with Crippen LogP contribution in [0, 0.1) is 5.92 Å². The summed E-state index contributed by atoms with van der Waals surface area (Å²) in [5, 5.41) is 0.306. The predicted octanol–water partition coefficient (Wildman–Crippen LogP) is 6.92. The molecule has 7 nitrogen and oxygen atoms in total. The van der Waals surface area contributed by atoms with Gasteiger partial charge in [0.05, 0.1) is 26.4 Å². The van der Waals surface area contributed by atoms with Gasteiger partial charge in [-0.15, -0.1) is 0 Å². The second-order valence-corrected chi connectivity index (χ2v) is 14.0. The average Bonchev–Trinajstić information content (AvgIpc) is 2.88. The maximum absolute atomic E-state index is 12.3. The van der Waals surface area contributed by atoms with Crippen LogP contribution in [0.2, 0.25) is 6.04 Å². The van der Waals surface area contributed by atoms with Gasteiger partial charge >= 0.3 is 8.80 Å². The van der Waals surface area contributed by atoms with Crippen LogP contribution in [-0.4, -0.2) is 65.9 Å². The number of hydroxylamine groups is 1. The van der Waals surface area contributed by atoms with Crippen molar-refractivity contribution in [2.45, 2.75) is 117 Å². The molecule has 1 rings (SSSR count). The fraction of sp³-hybridized carbons (Fsp3) is 0.964. The molecule has 0 bridgehead atoms. The number of carbonyl (C=O) groups is 1. The molecule has 0 amide bonds. The maximum atomic E-state index is 12.3. The SMILES string of the molecule is CCCCCCCCCCCC(=O)SCCC[Si]1(OCCOCCOCCCC)OCCC(C)CNO1. The molecule has 2 atom stereocenters. The summed E-state index contributed by atoms with van der Waals surface area (Å²) in [6, 6.07) is 0.701. The minimum absolute atomic E-state index is 0.306. The molecular weight excluding hydrogens is 506 g/mol. The van der Waals surface area contributed by atoms with Gasteiger partial charge in [-0.25, -0.2) is 5.48 Å². The minimum atomic E-state index is -2.85. The number of ether oxygens (including phenoxy) is 2. The topological polar surface area (TPSA) is 75.3 Å². The number of unbranched alkanes of at least 4 members (excludes halogenated alkanes) is 9. The van der Waals surface area contributed by atoms with Crippen molar-refractivity contribution in [3.05, 3.63) is 0 Å². The minimum Gasteiger partial charge on any atom is -0.379 e. The first kappa shape index (κ1) is 35.0. The molecule has 0 saturated carbocycles. The zero-order valence-corrected chi connectivity index (χ0v) is 26.0.